The van der Waals surface area contributed by atoms with Crippen LogP contribution in [0.25, 0.3) is 22.9 Å². The second kappa shape index (κ2) is 7.17. The van der Waals surface area contributed by atoms with E-state index in [0.717, 1.165) is 12.8 Å². The van der Waals surface area contributed by atoms with Crippen LogP contribution < -0.4 is 10.5 Å². The Morgan fingerprint density at radius 2 is 2.16 bits per heavy atom. The van der Waals surface area contributed by atoms with E-state index in [9.17, 15) is 14.3 Å². The molecule has 2 aliphatic rings. The van der Waals surface area contributed by atoms with Crippen molar-refractivity contribution in [1.29, 1.82) is 0 Å². The molecule has 32 heavy (non-hydrogen) atoms. The molecule has 2 aromatic heterocycles. The number of primary amides is 1. The van der Waals surface area contributed by atoms with Crippen molar-refractivity contribution in [2.75, 3.05) is 6.61 Å². The molecule has 5 rings (SSSR count). The largest absolute Gasteiger partial charge is 0.491 e. The zero-order valence-electron chi connectivity index (χ0n) is 17.6. The molecule has 3 heterocycles. The number of imidazole rings is 1. The van der Waals surface area contributed by atoms with Crippen LogP contribution in [0.2, 0.25) is 0 Å². The number of halogens is 1. The van der Waals surface area contributed by atoms with E-state index in [-0.39, 0.29) is 23.6 Å². The first-order valence-electron chi connectivity index (χ1n) is 10.3. The number of carbonyl (C=O) groups is 1. The number of amides is 1. The summed E-state index contributed by atoms with van der Waals surface area (Å²) in [5.41, 5.74) is 5.33. The number of hydrogen-bond donors (Lipinski definition) is 3. The highest BCUT2D eigenvalue weighted by Crippen LogP contribution is 2.40. The summed E-state index contributed by atoms with van der Waals surface area (Å²) in [6, 6.07) is 2.73. The van der Waals surface area contributed by atoms with E-state index in [2.05, 4.69) is 32.0 Å². The summed E-state index contributed by atoms with van der Waals surface area (Å²) in [5, 5.41) is 17.0. The smallest absolute Gasteiger partial charge is 0.269 e. The van der Waals surface area contributed by atoms with Crippen LogP contribution in [0.5, 0.6) is 5.75 Å². The van der Waals surface area contributed by atoms with Crippen LogP contribution in [0.1, 0.15) is 54.5 Å². The maximum absolute atomic E-state index is 14.6. The maximum atomic E-state index is 14.6. The summed E-state index contributed by atoms with van der Waals surface area (Å²) in [5.74, 6) is 6.06. The van der Waals surface area contributed by atoms with Crippen molar-refractivity contribution < 1.29 is 19.0 Å². The van der Waals surface area contributed by atoms with Gasteiger partial charge in [0.05, 0.1) is 17.7 Å². The highest BCUT2D eigenvalue weighted by atomic mass is 19.1. The molecule has 0 bridgehead atoms. The summed E-state index contributed by atoms with van der Waals surface area (Å²) in [7, 11) is 0. The number of aliphatic hydroxyl groups is 1. The van der Waals surface area contributed by atoms with Crippen molar-refractivity contribution in [3.05, 3.63) is 35.0 Å². The Morgan fingerprint density at radius 1 is 1.38 bits per heavy atom. The number of nitrogens with zero attached hydrogens (tertiary/aromatic N) is 4. The molecule has 9 nitrogen and oxygen atoms in total. The Labute approximate surface area is 182 Å². The van der Waals surface area contributed by atoms with E-state index >= 15 is 0 Å². The Hall–Kier alpha value is -3.71. The first-order valence-corrected chi connectivity index (χ1v) is 10.3. The van der Waals surface area contributed by atoms with Crippen molar-refractivity contribution in [3.63, 3.8) is 0 Å². The average molecular weight is 436 g/mol. The van der Waals surface area contributed by atoms with Gasteiger partial charge >= 0.3 is 0 Å². The lowest BCUT2D eigenvalue weighted by molar-refractivity contribution is 0.0996. The zero-order valence-corrected chi connectivity index (χ0v) is 17.6. The second-order valence-corrected chi connectivity index (χ2v) is 8.45. The predicted octanol–water partition coefficient (Wildman–Crippen LogP) is 1.97. The van der Waals surface area contributed by atoms with E-state index in [1.807, 2.05) is 0 Å². The van der Waals surface area contributed by atoms with Gasteiger partial charge in [0, 0.05) is 12.0 Å². The van der Waals surface area contributed by atoms with Crippen LogP contribution in [0.4, 0.5) is 4.39 Å². The number of hydrogen-bond acceptors (Lipinski definition) is 6. The molecule has 1 aliphatic heterocycles. The fraction of sp³-hybridized carbons (Fsp3) is 0.364. The Balaban J connectivity index is 1.69. The molecule has 4 N–H and O–H groups in total. The molecule has 0 saturated heterocycles. The number of rotatable bonds is 3. The van der Waals surface area contributed by atoms with Crippen molar-refractivity contribution in [3.8, 4) is 40.5 Å². The number of carbonyl (C=O) groups excluding carboxylic acids is 1. The van der Waals surface area contributed by atoms with Gasteiger partial charge in [-0.15, -0.1) is 0 Å². The predicted molar refractivity (Wildman–Crippen MR) is 112 cm³/mol. The van der Waals surface area contributed by atoms with Gasteiger partial charge in [0.1, 0.15) is 35.3 Å². The summed E-state index contributed by atoms with van der Waals surface area (Å²) >= 11 is 0. The van der Waals surface area contributed by atoms with E-state index in [1.165, 1.54) is 26.0 Å². The molecule has 0 atom stereocenters. The lowest BCUT2D eigenvalue weighted by atomic mass is 10.1. The number of nitrogens with two attached hydrogens (primary N) is 1. The van der Waals surface area contributed by atoms with Crippen LogP contribution in [0, 0.1) is 17.7 Å². The van der Waals surface area contributed by atoms with Crippen LogP contribution in [-0.4, -0.2) is 48.0 Å². The van der Waals surface area contributed by atoms with Crippen LogP contribution in [0.15, 0.2) is 12.1 Å². The normalized spacial score (nSPS) is 15.1. The summed E-state index contributed by atoms with van der Waals surface area (Å²) in [6.07, 6.45) is 2.07. The van der Waals surface area contributed by atoms with Gasteiger partial charge in [0.2, 0.25) is 0 Å². The molecule has 1 amide bonds. The quantitative estimate of drug-likeness (QED) is 0.538. The van der Waals surface area contributed by atoms with E-state index in [1.54, 1.807) is 4.57 Å². The third-order valence-electron chi connectivity index (χ3n) is 5.26. The third kappa shape index (κ3) is 3.61. The topological polar surface area (TPSA) is 132 Å². The van der Waals surface area contributed by atoms with Crippen LogP contribution in [0.3, 0.4) is 0 Å². The van der Waals surface area contributed by atoms with Crippen molar-refractivity contribution in [2.24, 2.45) is 5.73 Å². The highest BCUT2D eigenvalue weighted by molar-refractivity contribution is 5.97. The van der Waals surface area contributed by atoms with E-state index < -0.39 is 17.3 Å². The van der Waals surface area contributed by atoms with E-state index in [0.29, 0.717) is 41.2 Å². The molecule has 3 aromatic rings. The Kier molecular flexibility index (Phi) is 4.53. The first-order chi connectivity index (χ1) is 15.2. The number of aromatic nitrogens is 5. The standard InChI is InChI=1S/C22H21FN6O3/c1-22(2,31)6-5-12-9-13-15(10-14(12)23)32-8-7-29-17(16(18(24)30)25-21(13)29)20-26-19(27-28-20)11-3-4-11/h9-11,31H,3-4,7-8H2,1-2H3,(H2,24,30)(H,26,27,28). The lowest BCUT2D eigenvalue weighted by Gasteiger charge is -2.09. The molecule has 1 saturated carbocycles. The number of H-pyrrole nitrogens is 1. The fourth-order valence-corrected chi connectivity index (χ4v) is 3.60. The second-order valence-electron chi connectivity index (χ2n) is 8.45. The number of benzene rings is 1. The molecular formula is C22H21FN6O3. The molecule has 0 spiro atoms. The van der Waals surface area contributed by atoms with Gasteiger partial charge < -0.3 is 20.1 Å². The van der Waals surface area contributed by atoms with Crippen LogP contribution in [-0.2, 0) is 6.54 Å². The van der Waals surface area contributed by atoms with Crippen molar-refractivity contribution in [2.45, 2.75) is 44.8 Å². The molecule has 1 fully saturated rings. The molecule has 164 valence electrons. The summed E-state index contributed by atoms with van der Waals surface area (Å²) < 4.78 is 22.2. The first kappa shape index (κ1) is 20.2. The number of nitrogens with one attached hydrogen (secondary N) is 1. The fourth-order valence-electron chi connectivity index (χ4n) is 3.60. The molecule has 1 aromatic carbocycles. The molecule has 10 heteroatoms. The van der Waals surface area contributed by atoms with Gasteiger partial charge in [-0.3, -0.25) is 9.89 Å². The van der Waals surface area contributed by atoms with Gasteiger partial charge in [-0.05, 0) is 32.8 Å². The van der Waals surface area contributed by atoms with Gasteiger partial charge in [0.15, 0.2) is 17.3 Å². The van der Waals surface area contributed by atoms with Crippen molar-refractivity contribution in [1.82, 2.24) is 24.7 Å². The molecular weight excluding hydrogens is 415 g/mol. The number of ether oxygens (including phenoxy) is 1. The third-order valence-corrected chi connectivity index (χ3v) is 5.26. The maximum Gasteiger partial charge on any atom is 0.269 e. The molecule has 0 unspecified atom stereocenters. The average Bonchev–Trinajstić information content (AvgIpc) is 3.37. The van der Waals surface area contributed by atoms with Gasteiger partial charge in [-0.25, -0.2) is 14.4 Å². The van der Waals surface area contributed by atoms with Gasteiger partial charge in [-0.1, -0.05) is 11.8 Å². The van der Waals surface area contributed by atoms with Gasteiger partial charge in [-0.2, -0.15) is 5.10 Å². The van der Waals surface area contributed by atoms with Crippen molar-refractivity contribution >= 4 is 5.91 Å². The minimum Gasteiger partial charge on any atom is -0.491 e. The van der Waals surface area contributed by atoms with Crippen LogP contribution >= 0.6 is 0 Å². The zero-order chi connectivity index (χ0) is 22.6. The minimum atomic E-state index is -1.29. The minimum absolute atomic E-state index is 0.0415. The monoisotopic (exact) mass is 436 g/mol. The Morgan fingerprint density at radius 3 is 2.84 bits per heavy atom. The summed E-state index contributed by atoms with van der Waals surface area (Å²) in [6.45, 7) is 3.58. The lowest BCUT2D eigenvalue weighted by Crippen LogP contribution is -2.15. The number of fused-ring (bicyclic) bond motifs is 3. The van der Waals surface area contributed by atoms with Gasteiger partial charge in [0.25, 0.3) is 5.91 Å². The highest BCUT2D eigenvalue weighted by Gasteiger charge is 2.32. The summed E-state index contributed by atoms with van der Waals surface area (Å²) in [4.78, 5) is 21.3. The molecule has 0 radical (unpaired) electrons. The Bertz CT molecular complexity index is 1300. The number of aromatic amines is 1. The molecule has 1 aliphatic carbocycles. The SMILES string of the molecule is CC(C)(O)C#Cc1cc2c(cc1F)OCCn1c-2nc(C(N)=O)c1-c1nc(C2CC2)n[nH]1. The van der Waals surface area contributed by atoms with E-state index in [4.69, 9.17) is 10.5 Å².